The smallest absolute Gasteiger partial charge is 0.148 e. The van der Waals surface area contributed by atoms with Crippen molar-refractivity contribution in [2.75, 3.05) is 19.0 Å². The van der Waals surface area contributed by atoms with Crippen molar-refractivity contribution < 1.29 is 4.74 Å². The van der Waals surface area contributed by atoms with E-state index in [0.717, 1.165) is 47.2 Å². The van der Waals surface area contributed by atoms with Gasteiger partial charge in [0.1, 0.15) is 11.6 Å². The van der Waals surface area contributed by atoms with Crippen LogP contribution in [0, 0.1) is 6.92 Å². The van der Waals surface area contributed by atoms with Crippen LogP contribution >= 0.6 is 12.4 Å². The van der Waals surface area contributed by atoms with Crippen LogP contribution in [0.2, 0.25) is 0 Å². The minimum Gasteiger partial charge on any atom is -0.495 e. The van der Waals surface area contributed by atoms with Crippen LogP contribution in [0.15, 0.2) is 73.2 Å². The normalized spacial score (nSPS) is 10.3. The first kappa shape index (κ1) is 21.3. The Morgan fingerprint density at radius 2 is 1.83 bits per heavy atom. The van der Waals surface area contributed by atoms with E-state index in [1.54, 1.807) is 13.4 Å². The van der Waals surface area contributed by atoms with Crippen molar-refractivity contribution in [3.63, 3.8) is 0 Å². The summed E-state index contributed by atoms with van der Waals surface area (Å²) in [6.07, 6.45) is 4.69. The molecule has 2 aromatic heterocycles. The summed E-state index contributed by atoms with van der Waals surface area (Å²) in [5.74, 6) is 1.52. The number of rotatable bonds is 7. The summed E-state index contributed by atoms with van der Waals surface area (Å²) in [6.45, 7) is 2.77. The highest BCUT2D eigenvalue weighted by Crippen LogP contribution is 2.29. The monoisotopic (exact) mass is 421 g/mol. The molecule has 0 radical (unpaired) electrons. The first-order chi connectivity index (χ1) is 14.2. The van der Waals surface area contributed by atoms with Crippen LogP contribution in [0.4, 0.5) is 5.82 Å². The second kappa shape index (κ2) is 9.89. The van der Waals surface area contributed by atoms with E-state index in [2.05, 4.69) is 44.8 Å². The van der Waals surface area contributed by atoms with Gasteiger partial charge in [-0.25, -0.2) is 4.98 Å². The first-order valence-corrected chi connectivity index (χ1v) is 9.54. The fraction of sp³-hybridized carbons (Fsp3) is 0.174. The van der Waals surface area contributed by atoms with Crippen LogP contribution in [-0.2, 0) is 6.42 Å². The lowest BCUT2D eigenvalue weighted by molar-refractivity contribution is 0.413. The van der Waals surface area contributed by atoms with Gasteiger partial charge in [-0.1, -0.05) is 36.4 Å². The van der Waals surface area contributed by atoms with E-state index in [0.29, 0.717) is 0 Å². The van der Waals surface area contributed by atoms with Gasteiger partial charge in [0, 0.05) is 18.3 Å². The summed E-state index contributed by atoms with van der Waals surface area (Å²) < 4.78 is 7.53. The number of nitrogens with one attached hydrogen (secondary N) is 1. The topological polar surface area (TPSA) is 64.9 Å². The molecular weight excluding hydrogens is 398 g/mol. The molecular formula is C23H24ClN5O. The van der Waals surface area contributed by atoms with Crippen LogP contribution in [0.3, 0.4) is 0 Å². The molecule has 0 amide bonds. The molecule has 1 N–H and O–H groups in total. The Morgan fingerprint density at radius 1 is 1.00 bits per heavy atom. The Morgan fingerprint density at radius 3 is 2.50 bits per heavy atom. The molecule has 0 aliphatic rings. The molecule has 30 heavy (non-hydrogen) atoms. The zero-order chi connectivity index (χ0) is 20.1. The molecule has 0 aliphatic heterocycles. The SMILES string of the molecule is COc1cc(-c2ccc(NCCc3ccccc3)nn2)ccc1-n1cnc(C)c1.Cl. The number of ether oxygens (including phenoxy) is 1. The third-order valence-corrected chi connectivity index (χ3v) is 4.69. The average molecular weight is 422 g/mol. The van der Waals surface area contributed by atoms with E-state index in [1.807, 2.05) is 54.1 Å². The Labute approximate surface area is 182 Å². The van der Waals surface area contributed by atoms with Gasteiger partial charge in [0.25, 0.3) is 0 Å². The van der Waals surface area contributed by atoms with Crippen molar-refractivity contribution in [2.45, 2.75) is 13.3 Å². The molecule has 4 aromatic rings. The maximum Gasteiger partial charge on any atom is 0.148 e. The van der Waals surface area contributed by atoms with Gasteiger partial charge < -0.3 is 14.6 Å². The van der Waals surface area contributed by atoms with E-state index in [-0.39, 0.29) is 12.4 Å². The standard InChI is InChI=1S/C23H23N5O.ClH/c1-17-15-28(16-25-17)21-10-8-19(14-22(21)29-2)20-9-11-23(27-26-20)24-13-12-18-6-4-3-5-7-18;/h3-11,14-16H,12-13H2,1-2H3,(H,24,27);1H. The minimum absolute atomic E-state index is 0. The molecule has 0 aliphatic carbocycles. The molecule has 7 heteroatoms. The molecule has 6 nitrogen and oxygen atoms in total. The second-order valence-electron chi connectivity index (χ2n) is 6.78. The lowest BCUT2D eigenvalue weighted by Gasteiger charge is -2.11. The molecule has 0 saturated heterocycles. The predicted octanol–water partition coefficient (Wildman–Crippen LogP) is 4.72. The van der Waals surface area contributed by atoms with Gasteiger partial charge in [-0.2, -0.15) is 0 Å². The first-order valence-electron chi connectivity index (χ1n) is 9.54. The highest BCUT2D eigenvalue weighted by molar-refractivity contribution is 5.85. The maximum absolute atomic E-state index is 5.58. The number of halogens is 1. The Balaban J connectivity index is 0.00000256. The summed E-state index contributed by atoms with van der Waals surface area (Å²) in [6, 6.07) is 20.3. The van der Waals surface area contributed by atoms with Gasteiger partial charge in [-0.3, -0.25) is 0 Å². The highest BCUT2D eigenvalue weighted by Gasteiger charge is 2.09. The van der Waals surface area contributed by atoms with Crippen LogP contribution < -0.4 is 10.1 Å². The second-order valence-corrected chi connectivity index (χ2v) is 6.78. The fourth-order valence-corrected chi connectivity index (χ4v) is 3.16. The number of nitrogens with zero attached hydrogens (tertiary/aromatic N) is 4. The van der Waals surface area contributed by atoms with E-state index in [9.17, 15) is 0 Å². The van der Waals surface area contributed by atoms with Crippen molar-refractivity contribution in [1.82, 2.24) is 19.7 Å². The van der Waals surface area contributed by atoms with E-state index >= 15 is 0 Å². The number of hydrogen-bond donors (Lipinski definition) is 1. The molecule has 0 fully saturated rings. The summed E-state index contributed by atoms with van der Waals surface area (Å²) in [5.41, 5.74) is 4.93. The Hall–Kier alpha value is -3.38. The summed E-state index contributed by atoms with van der Waals surface area (Å²) in [4.78, 5) is 4.28. The minimum atomic E-state index is 0. The van der Waals surface area contributed by atoms with E-state index in [1.165, 1.54) is 5.56 Å². The molecule has 0 atom stereocenters. The third-order valence-electron chi connectivity index (χ3n) is 4.69. The third kappa shape index (κ3) is 4.96. The van der Waals surface area contributed by atoms with Crippen LogP contribution in [-0.4, -0.2) is 33.4 Å². The van der Waals surface area contributed by atoms with Gasteiger partial charge >= 0.3 is 0 Å². The molecule has 0 spiro atoms. The molecule has 2 heterocycles. The molecule has 0 unspecified atom stereocenters. The number of aromatic nitrogens is 4. The van der Waals surface area contributed by atoms with Crippen molar-refractivity contribution in [1.29, 1.82) is 0 Å². The predicted molar refractivity (Wildman–Crippen MR) is 122 cm³/mol. The maximum atomic E-state index is 5.58. The van der Waals surface area contributed by atoms with Crippen molar-refractivity contribution in [3.8, 4) is 22.7 Å². The number of benzene rings is 2. The van der Waals surface area contributed by atoms with Gasteiger partial charge in [0.2, 0.25) is 0 Å². The molecule has 2 aromatic carbocycles. The van der Waals surface area contributed by atoms with Crippen molar-refractivity contribution >= 4 is 18.2 Å². The van der Waals surface area contributed by atoms with Gasteiger partial charge in [0.15, 0.2) is 0 Å². The number of imidazole rings is 1. The lowest BCUT2D eigenvalue weighted by atomic mass is 10.1. The summed E-state index contributed by atoms with van der Waals surface area (Å²) in [5, 5.41) is 12.0. The summed E-state index contributed by atoms with van der Waals surface area (Å²) in [7, 11) is 1.66. The van der Waals surface area contributed by atoms with Gasteiger partial charge in [-0.15, -0.1) is 22.6 Å². The zero-order valence-corrected chi connectivity index (χ0v) is 17.8. The largest absolute Gasteiger partial charge is 0.495 e. The van der Waals surface area contributed by atoms with Gasteiger partial charge in [-0.05, 0) is 43.2 Å². The number of anilines is 1. The number of aryl methyl sites for hydroxylation is 1. The highest BCUT2D eigenvalue weighted by atomic mass is 35.5. The van der Waals surface area contributed by atoms with E-state index < -0.39 is 0 Å². The Bertz CT molecular complexity index is 1080. The zero-order valence-electron chi connectivity index (χ0n) is 16.9. The molecule has 0 bridgehead atoms. The van der Waals surface area contributed by atoms with E-state index in [4.69, 9.17) is 4.74 Å². The van der Waals surface area contributed by atoms with Crippen molar-refractivity contribution in [3.05, 3.63) is 84.4 Å². The van der Waals surface area contributed by atoms with Crippen LogP contribution in [0.5, 0.6) is 5.75 Å². The molecule has 4 rings (SSSR count). The number of hydrogen-bond acceptors (Lipinski definition) is 5. The Kier molecular flexibility index (Phi) is 7.03. The lowest BCUT2D eigenvalue weighted by Crippen LogP contribution is -2.07. The quantitative estimate of drug-likeness (QED) is 0.467. The number of methoxy groups -OCH3 is 1. The van der Waals surface area contributed by atoms with Crippen LogP contribution in [0.25, 0.3) is 16.9 Å². The fourth-order valence-electron chi connectivity index (χ4n) is 3.16. The average Bonchev–Trinajstić information content (AvgIpc) is 3.20. The van der Waals surface area contributed by atoms with Gasteiger partial charge in [0.05, 0.1) is 30.5 Å². The van der Waals surface area contributed by atoms with Crippen molar-refractivity contribution in [2.24, 2.45) is 0 Å². The summed E-state index contributed by atoms with van der Waals surface area (Å²) >= 11 is 0. The molecule has 154 valence electrons. The van der Waals surface area contributed by atoms with Crippen LogP contribution in [0.1, 0.15) is 11.3 Å². The molecule has 0 saturated carbocycles.